The summed E-state index contributed by atoms with van der Waals surface area (Å²) in [6, 6.07) is -0.135. The van der Waals surface area contributed by atoms with Crippen molar-refractivity contribution in [2.75, 3.05) is 13.2 Å². The summed E-state index contributed by atoms with van der Waals surface area (Å²) < 4.78 is 5.48. The number of ether oxygens (including phenoxy) is 1. The molecular weight excluding hydrogens is 154 g/mol. The molecule has 3 N–H and O–H groups in total. The molecular formula is C9H21NO2. The molecule has 2 unspecified atom stereocenters. The first-order valence-electron chi connectivity index (χ1n) is 4.56. The Balaban J connectivity index is 3.30. The molecule has 3 heteroatoms. The summed E-state index contributed by atoms with van der Waals surface area (Å²) in [5.74, 6) is 0.537. The van der Waals surface area contributed by atoms with Crippen molar-refractivity contribution in [2.45, 2.75) is 39.3 Å². The summed E-state index contributed by atoms with van der Waals surface area (Å²) in [5, 5.41) is 8.63. The maximum atomic E-state index is 8.63. The van der Waals surface area contributed by atoms with E-state index in [0.717, 1.165) is 6.42 Å². The quantitative estimate of drug-likeness (QED) is 0.626. The lowest BCUT2D eigenvalue weighted by atomic mass is 10.1. The molecule has 0 aliphatic heterocycles. The standard InChI is InChI=1S/C9H21NO2/c1-7(2)8(3)12-5-4-9(10)6-11/h7-9,11H,4-6,10H2,1-3H3. The van der Waals surface area contributed by atoms with Crippen molar-refractivity contribution in [3.05, 3.63) is 0 Å². The van der Waals surface area contributed by atoms with E-state index in [1.165, 1.54) is 0 Å². The van der Waals surface area contributed by atoms with Gasteiger partial charge in [0, 0.05) is 12.6 Å². The summed E-state index contributed by atoms with van der Waals surface area (Å²) in [6.07, 6.45) is 1.00. The van der Waals surface area contributed by atoms with Gasteiger partial charge < -0.3 is 15.6 Å². The molecule has 12 heavy (non-hydrogen) atoms. The van der Waals surface area contributed by atoms with Gasteiger partial charge in [0.2, 0.25) is 0 Å². The molecule has 0 heterocycles. The Morgan fingerprint density at radius 1 is 1.33 bits per heavy atom. The van der Waals surface area contributed by atoms with E-state index >= 15 is 0 Å². The van der Waals surface area contributed by atoms with Crippen LogP contribution in [0.1, 0.15) is 27.2 Å². The Morgan fingerprint density at radius 2 is 1.92 bits per heavy atom. The molecule has 0 aromatic rings. The fraction of sp³-hybridized carbons (Fsp3) is 1.00. The van der Waals surface area contributed by atoms with Crippen LogP contribution < -0.4 is 5.73 Å². The van der Waals surface area contributed by atoms with Gasteiger partial charge in [-0.3, -0.25) is 0 Å². The van der Waals surface area contributed by atoms with E-state index in [0.29, 0.717) is 12.5 Å². The predicted molar refractivity (Wildman–Crippen MR) is 49.9 cm³/mol. The fourth-order valence-electron chi connectivity index (χ4n) is 0.689. The maximum Gasteiger partial charge on any atom is 0.0583 e. The molecule has 0 fully saturated rings. The molecule has 0 aromatic heterocycles. The van der Waals surface area contributed by atoms with Crippen molar-refractivity contribution >= 4 is 0 Å². The molecule has 0 spiro atoms. The highest BCUT2D eigenvalue weighted by atomic mass is 16.5. The first-order chi connectivity index (χ1) is 5.57. The third kappa shape index (κ3) is 5.52. The average Bonchev–Trinajstić information content (AvgIpc) is 2.03. The molecule has 0 aromatic carbocycles. The molecule has 0 saturated carbocycles. The van der Waals surface area contributed by atoms with Gasteiger partial charge in [-0.05, 0) is 19.3 Å². The van der Waals surface area contributed by atoms with E-state index in [1.807, 2.05) is 0 Å². The second-order valence-corrected chi connectivity index (χ2v) is 3.55. The van der Waals surface area contributed by atoms with E-state index < -0.39 is 0 Å². The van der Waals surface area contributed by atoms with Crippen LogP contribution in [0.5, 0.6) is 0 Å². The molecule has 0 aliphatic carbocycles. The van der Waals surface area contributed by atoms with Crippen molar-refractivity contribution in [1.29, 1.82) is 0 Å². The summed E-state index contributed by atoms with van der Waals surface area (Å²) in [6.45, 7) is 6.98. The van der Waals surface area contributed by atoms with Gasteiger partial charge in [0.05, 0.1) is 12.7 Å². The van der Waals surface area contributed by atoms with Gasteiger partial charge in [0.15, 0.2) is 0 Å². The molecule has 0 radical (unpaired) electrons. The van der Waals surface area contributed by atoms with Gasteiger partial charge in [0.25, 0.3) is 0 Å². The van der Waals surface area contributed by atoms with E-state index in [-0.39, 0.29) is 18.8 Å². The van der Waals surface area contributed by atoms with E-state index in [4.69, 9.17) is 15.6 Å². The highest BCUT2D eigenvalue weighted by Gasteiger charge is 2.07. The lowest BCUT2D eigenvalue weighted by Gasteiger charge is -2.17. The Hall–Kier alpha value is -0.120. The lowest BCUT2D eigenvalue weighted by molar-refractivity contribution is 0.0293. The largest absolute Gasteiger partial charge is 0.395 e. The minimum absolute atomic E-state index is 0.0411. The topological polar surface area (TPSA) is 55.5 Å². The highest BCUT2D eigenvalue weighted by molar-refractivity contribution is 4.59. The minimum atomic E-state index is -0.135. The Bertz CT molecular complexity index is 107. The second kappa shape index (κ2) is 6.40. The SMILES string of the molecule is CC(C)C(C)OCCC(N)CO. The third-order valence-corrected chi connectivity index (χ3v) is 2.04. The zero-order chi connectivity index (χ0) is 9.56. The molecule has 3 nitrogen and oxygen atoms in total. The number of aliphatic hydroxyl groups is 1. The van der Waals surface area contributed by atoms with Crippen molar-refractivity contribution in [2.24, 2.45) is 11.7 Å². The zero-order valence-electron chi connectivity index (χ0n) is 8.29. The van der Waals surface area contributed by atoms with Gasteiger partial charge >= 0.3 is 0 Å². The summed E-state index contributed by atoms with van der Waals surface area (Å²) in [7, 11) is 0. The Morgan fingerprint density at radius 3 is 2.33 bits per heavy atom. The first-order valence-corrected chi connectivity index (χ1v) is 4.56. The minimum Gasteiger partial charge on any atom is -0.395 e. The van der Waals surface area contributed by atoms with Crippen molar-refractivity contribution < 1.29 is 9.84 Å². The molecule has 0 bridgehead atoms. The summed E-state index contributed by atoms with van der Waals surface area (Å²) >= 11 is 0. The predicted octanol–water partition coefficient (Wildman–Crippen LogP) is 0.757. The second-order valence-electron chi connectivity index (χ2n) is 3.55. The molecule has 74 valence electrons. The van der Waals surface area contributed by atoms with Crippen LogP contribution in [-0.2, 0) is 4.74 Å². The third-order valence-electron chi connectivity index (χ3n) is 2.04. The normalized spacial score (nSPS) is 16.5. The van der Waals surface area contributed by atoms with Gasteiger partial charge in [-0.15, -0.1) is 0 Å². The molecule has 2 atom stereocenters. The number of rotatable bonds is 6. The van der Waals surface area contributed by atoms with Gasteiger partial charge in [0.1, 0.15) is 0 Å². The Kier molecular flexibility index (Phi) is 6.34. The van der Waals surface area contributed by atoms with Crippen LogP contribution >= 0.6 is 0 Å². The number of hydrogen-bond donors (Lipinski definition) is 2. The monoisotopic (exact) mass is 175 g/mol. The molecule has 0 rings (SSSR count). The maximum absolute atomic E-state index is 8.63. The lowest BCUT2D eigenvalue weighted by Crippen LogP contribution is -2.27. The van der Waals surface area contributed by atoms with E-state index in [2.05, 4.69) is 20.8 Å². The average molecular weight is 175 g/mol. The van der Waals surface area contributed by atoms with Crippen LogP contribution in [0, 0.1) is 5.92 Å². The van der Waals surface area contributed by atoms with E-state index in [9.17, 15) is 0 Å². The van der Waals surface area contributed by atoms with Gasteiger partial charge in [-0.1, -0.05) is 13.8 Å². The summed E-state index contributed by atoms with van der Waals surface area (Å²) in [5.41, 5.74) is 5.51. The van der Waals surface area contributed by atoms with E-state index in [1.54, 1.807) is 0 Å². The Labute approximate surface area is 74.9 Å². The van der Waals surface area contributed by atoms with Crippen LogP contribution in [-0.4, -0.2) is 30.5 Å². The van der Waals surface area contributed by atoms with Crippen molar-refractivity contribution in [3.8, 4) is 0 Å². The van der Waals surface area contributed by atoms with Gasteiger partial charge in [-0.2, -0.15) is 0 Å². The molecule has 0 aliphatic rings. The van der Waals surface area contributed by atoms with Crippen LogP contribution in [0.2, 0.25) is 0 Å². The number of aliphatic hydroxyl groups excluding tert-OH is 1. The smallest absolute Gasteiger partial charge is 0.0583 e. The molecule has 0 amide bonds. The zero-order valence-corrected chi connectivity index (χ0v) is 8.29. The number of hydrogen-bond acceptors (Lipinski definition) is 3. The summed E-state index contributed by atoms with van der Waals surface area (Å²) in [4.78, 5) is 0. The van der Waals surface area contributed by atoms with Crippen molar-refractivity contribution in [1.82, 2.24) is 0 Å². The fourth-order valence-corrected chi connectivity index (χ4v) is 0.689. The van der Waals surface area contributed by atoms with Crippen LogP contribution in [0.15, 0.2) is 0 Å². The first kappa shape index (κ1) is 11.9. The van der Waals surface area contributed by atoms with Gasteiger partial charge in [-0.25, -0.2) is 0 Å². The number of nitrogens with two attached hydrogens (primary N) is 1. The molecule has 0 saturated heterocycles. The van der Waals surface area contributed by atoms with Crippen LogP contribution in [0.3, 0.4) is 0 Å². The van der Waals surface area contributed by atoms with Crippen molar-refractivity contribution in [3.63, 3.8) is 0 Å². The highest BCUT2D eigenvalue weighted by Crippen LogP contribution is 2.05. The van der Waals surface area contributed by atoms with Crippen LogP contribution in [0.4, 0.5) is 0 Å². The van der Waals surface area contributed by atoms with Crippen LogP contribution in [0.25, 0.3) is 0 Å².